The van der Waals surface area contributed by atoms with E-state index in [1.807, 2.05) is 41.5 Å². The van der Waals surface area contributed by atoms with E-state index < -0.39 is 44.1 Å². The minimum Gasteiger partial charge on any atom is -0.548 e. The molecule has 0 aliphatic heterocycles. The first-order chi connectivity index (χ1) is 49.2. The second kappa shape index (κ2) is 35.6. The summed E-state index contributed by atoms with van der Waals surface area (Å²) in [5.74, 6) is -0.0560. The van der Waals surface area contributed by atoms with Crippen LogP contribution >= 0.6 is 22.7 Å². The average Bonchev–Trinajstić information content (AvgIpc) is 1.60. The number of thiazole rings is 2. The molecule has 8 N–H and O–H groups in total. The standard InChI is InChI=1S/C33H38N12O5S2.C32H36N12O5S2.Ca/c1-18-13-19(2)26(20(3)14-18)38-32-39-29(35-5)27(30(40-32)36-11-8-12-49-6)41-42-28-22(16-34)17-45(43-28)33-37-24-15-23(9-10-25(24)51-33)52(47,48)44-21(4)31(46)50-7;1-17-12-18(2)25(19(3)13-17)37-29-26(28(35-10-7-11-49-6)38-31(34-5)39-29)40-41-27-21(15-33)16-44(42-27)32-36-23-14-22(8-9-24(23)50-32)51(47,48)43-20(4)30(45)46;/h9-10,13-15,17,21,44H,8,11-12H2,1-7H3,(H3,35,36,38,39,40);8-9,12-14,16,20,43H,7,10-11H2,1-6H3,(H,45,46)(H3,34,35,37,38,39);/q;;+2/p-1. The van der Waals surface area contributed by atoms with Gasteiger partial charge in [-0.1, -0.05) is 58.1 Å². The van der Waals surface area contributed by atoms with Gasteiger partial charge < -0.3 is 56.0 Å². The number of carboxylic acid groups (broad SMARTS) is 1. The molecule has 0 aliphatic carbocycles. The van der Waals surface area contributed by atoms with Gasteiger partial charge in [-0.15, -0.1) is 30.7 Å². The van der Waals surface area contributed by atoms with Gasteiger partial charge in [-0.25, -0.2) is 40.9 Å². The van der Waals surface area contributed by atoms with Crippen molar-refractivity contribution in [3.63, 3.8) is 0 Å². The number of nitrogens with one attached hydrogen (secondary N) is 8. The van der Waals surface area contributed by atoms with Crippen molar-refractivity contribution in [3.05, 3.63) is 118 Å². The van der Waals surface area contributed by atoms with Crippen molar-refractivity contribution < 1.29 is 45.7 Å². The third kappa shape index (κ3) is 19.5. The second-order valence-corrected chi connectivity index (χ2v) is 28.5. The topological polar surface area (TPSA) is 459 Å². The van der Waals surface area contributed by atoms with Crippen LogP contribution in [-0.4, -0.2) is 190 Å². The minimum atomic E-state index is -4.17. The molecule has 0 fully saturated rings. The number of carboxylic acids is 1. The molecule has 39 heteroatoms. The smallest absolute Gasteiger partial charge is 0.548 e. The number of nitrogens with zero attached hydrogens (tertiary/aromatic N) is 16. The van der Waals surface area contributed by atoms with Gasteiger partial charge >= 0.3 is 43.7 Å². The molecule has 4 aromatic carbocycles. The summed E-state index contributed by atoms with van der Waals surface area (Å²) in [6, 6.07) is 18.5. The van der Waals surface area contributed by atoms with E-state index in [9.17, 15) is 42.1 Å². The number of benzene rings is 4. The fourth-order valence-electron chi connectivity index (χ4n) is 10.2. The molecule has 0 radical (unpaired) electrons. The summed E-state index contributed by atoms with van der Waals surface area (Å²) in [6.07, 6.45) is 4.29. The number of fused-ring (bicyclic) bond motifs is 2. The van der Waals surface area contributed by atoms with Crippen LogP contribution in [0.15, 0.2) is 103 Å². The van der Waals surface area contributed by atoms with Gasteiger partial charge in [-0.2, -0.15) is 35.2 Å². The minimum absolute atomic E-state index is 0. The van der Waals surface area contributed by atoms with Crippen molar-refractivity contribution in [2.24, 2.45) is 20.5 Å². The normalized spacial score (nSPS) is 12.1. The van der Waals surface area contributed by atoms with Crippen molar-refractivity contribution in [1.82, 2.24) is 58.9 Å². The van der Waals surface area contributed by atoms with Gasteiger partial charge in [0, 0.05) is 66.0 Å². The molecule has 104 heavy (non-hydrogen) atoms. The Bertz CT molecular complexity index is 5180. The predicted octanol–water partition coefficient (Wildman–Crippen LogP) is 9.31. The monoisotopic (exact) mass is 1520 g/mol. The van der Waals surface area contributed by atoms with E-state index in [0.717, 1.165) is 44.8 Å². The number of aryl methyl sites for hydroxylation is 6. The molecule has 0 saturated carbocycles. The number of aromatic nitrogens is 10. The first-order valence-corrected chi connectivity index (χ1v) is 36.1. The van der Waals surface area contributed by atoms with E-state index in [2.05, 4.69) is 138 Å². The molecule has 34 nitrogen and oxygen atoms in total. The third-order valence-corrected chi connectivity index (χ3v) is 20.2. The zero-order valence-electron chi connectivity index (χ0n) is 58.9. The molecule has 538 valence electrons. The zero-order valence-corrected chi connectivity index (χ0v) is 64.4. The van der Waals surface area contributed by atoms with Crippen LogP contribution in [0.5, 0.6) is 0 Å². The number of hydrogen-bond donors (Lipinski definition) is 8. The van der Waals surface area contributed by atoms with Crippen molar-refractivity contribution in [1.29, 1.82) is 10.5 Å². The van der Waals surface area contributed by atoms with Gasteiger partial charge in [0.2, 0.25) is 53.8 Å². The molecule has 6 aromatic heterocycles. The Balaban J connectivity index is 0.000000261. The zero-order chi connectivity index (χ0) is 74.4. The number of carbonyl (C=O) groups is 2. The van der Waals surface area contributed by atoms with Crippen LogP contribution < -0.4 is 46.5 Å². The molecule has 0 aliphatic rings. The van der Waals surface area contributed by atoms with Gasteiger partial charge in [-0.3, -0.25) is 4.79 Å². The van der Waals surface area contributed by atoms with E-state index >= 15 is 0 Å². The quantitative estimate of drug-likeness (QED) is 0.00899. The van der Waals surface area contributed by atoms with Crippen LogP contribution in [0, 0.1) is 64.2 Å². The SMILES string of the molecule is CNc1nc(NCCCOC)c(N=Nc2nn(-c3nc4cc(S(=O)(=O)NC(C)C(=O)[O-])ccc4s3)cc2C#N)c(Nc2c(C)cc(C)cc2C)n1.CNc1nc(Nc2c(C)cc(C)cc2C)nc(NCCCOC)c1N=Nc1nn(-c2nc3cc(S(=O)(=O)NC(C)C(=O)OC)ccc3s2)cc1C#N.[Ca+2]. The van der Waals surface area contributed by atoms with E-state index in [-0.39, 0.29) is 76.0 Å². The number of methoxy groups -OCH3 is 3. The number of nitriles is 2. The molecule has 0 saturated heterocycles. The van der Waals surface area contributed by atoms with Gasteiger partial charge in [0.05, 0.1) is 61.7 Å². The molecular formula is C65H73CaN24O10S4+. The first-order valence-electron chi connectivity index (χ1n) is 31.5. The van der Waals surface area contributed by atoms with Crippen LogP contribution in [0.2, 0.25) is 0 Å². The Morgan fingerprint density at radius 3 is 1.42 bits per heavy atom. The molecule has 10 aromatic rings. The maximum Gasteiger partial charge on any atom is 2.00 e. The summed E-state index contributed by atoms with van der Waals surface area (Å²) in [7, 11) is -0.377. The van der Waals surface area contributed by atoms with Crippen LogP contribution in [-0.2, 0) is 43.8 Å². The third-order valence-electron chi connectivity index (χ3n) is 15.1. The van der Waals surface area contributed by atoms with Gasteiger partial charge in [0.15, 0.2) is 34.6 Å². The number of sulfonamides is 2. The summed E-state index contributed by atoms with van der Waals surface area (Å²) < 4.78 is 74.6. The molecule has 6 heterocycles. The number of hydrogen-bond acceptors (Lipinski definition) is 32. The Kier molecular flexibility index (Phi) is 27.3. The van der Waals surface area contributed by atoms with Gasteiger partial charge in [0.25, 0.3) is 0 Å². The summed E-state index contributed by atoms with van der Waals surface area (Å²) in [5.41, 5.74) is 9.60. The van der Waals surface area contributed by atoms with E-state index in [1.54, 1.807) is 40.4 Å². The van der Waals surface area contributed by atoms with Crippen molar-refractivity contribution in [2.45, 2.75) is 90.1 Å². The number of azo groups is 2. The van der Waals surface area contributed by atoms with Gasteiger partial charge in [-0.05, 0) is 127 Å². The Hall–Kier alpha value is -9.84. The molecule has 0 bridgehead atoms. The number of rotatable bonds is 30. The Morgan fingerprint density at radius 2 is 1.00 bits per heavy atom. The Morgan fingerprint density at radius 1 is 0.577 bits per heavy atom. The van der Waals surface area contributed by atoms with E-state index in [0.29, 0.717) is 111 Å². The molecular weight excluding hydrogens is 1450 g/mol. The van der Waals surface area contributed by atoms with Gasteiger partial charge in [0.1, 0.15) is 29.3 Å². The van der Waals surface area contributed by atoms with Crippen molar-refractivity contribution in [2.75, 3.05) is 93.6 Å². The number of aliphatic carboxylic acids is 1. The average molecular weight is 1520 g/mol. The summed E-state index contributed by atoms with van der Waals surface area (Å²) in [6.45, 7) is 16.8. The van der Waals surface area contributed by atoms with Crippen LogP contribution in [0.25, 0.3) is 30.7 Å². The molecule has 0 amide bonds. The van der Waals surface area contributed by atoms with E-state index in [1.165, 1.54) is 89.7 Å². The van der Waals surface area contributed by atoms with Crippen LogP contribution in [0.4, 0.5) is 69.6 Å². The number of carbonyl (C=O) groups excluding carboxylic acids is 2. The van der Waals surface area contributed by atoms with Crippen LogP contribution in [0.1, 0.15) is 71.2 Å². The maximum absolute atomic E-state index is 12.9. The summed E-state index contributed by atoms with van der Waals surface area (Å²) in [5, 5.41) is 77.6. The molecule has 10 rings (SSSR count). The molecule has 2 atom stereocenters. The second-order valence-electron chi connectivity index (χ2n) is 23.1. The number of anilines is 8. The summed E-state index contributed by atoms with van der Waals surface area (Å²) in [4.78, 5) is 50.2. The molecule has 0 spiro atoms. The first kappa shape index (κ1) is 79.9. The molecule has 2 unspecified atom stereocenters. The Labute approximate surface area is 636 Å². The van der Waals surface area contributed by atoms with Crippen molar-refractivity contribution >= 4 is 182 Å². The fourth-order valence-corrected chi connectivity index (χ4v) is 14.4. The number of esters is 1. The largest absolute Gasteiger partial charge is 2.00 e. The maximum atomic E-state index is 12.9. The predicted molar refractivity (Wildman–Crippen MR) is 395 cm³/mol. The number of ether oxygens (including phenoxy) is 3. The summed E-state index contributed by atoms with van der Waals surface area (Å²) >= 11 is 2.42. The van der Waals surface area contributed by atoms with Crippen molar-refractivity contribution in [3.8, 4) is 22.4 Å². The van der Waals surface area contributed by atoms with E-state index in [4.69, 9.17) is 14.5 Å². The van der Waals surface area contributed by atoms with Crippen LogP contribution in [0.3, 0.4) is 0 Å². The fraction of sp³-hybridized carbons (Fsp3) is 0.323.